The maximum absolute atomic E-state index is 11.9. The van der Waals surface area contributed by atoms with Gasteiger partial charge in [0.25, 0.3) is 0 Å². The van der Waals surface area contributed by atoms with Crippen LogP contribution < -0.4 is 5.63 Å². The summed E-state index contributed by atoms with van der Waals surface area (Å²) in [5.74, 6) is 0.455. The van der Waals surface area contributed by atoms with Crippen LogP contribution in [0.2, 0.25) is 0 Å². The molecule has 1 aliphatic heterocycles. The molecule has 2 fully saturated rings. The zero-order chi connectivity index (χ0) is 16.9. The van der Waals surface area contributed by atoms with E-state index < -0.39 is 0 Å². The molecule has 128 valence electrons. The summed E-state index contributed by atoms with van der Waals surface area (Å²) >= 11 is 0. The summed E-state index contributed by atoms with van der Waals surface area (Å²) in [6, 6.07) is 5.73. The van der Waals surface area contributed by atoms with Gasteiger partial charge >= 0.3 is 5.63 Å². The molecule has 1 saturated heterocycles. The third-order valence-electron chi connectivity index (χ3n) is 5.95. The lowest BCUT2D eigenvalue weighted by molar-refractivity contribution is 0.0376. The minimum absolute atomic E-state index is 0.275. The van der Waals surface area contributed by atoms with Gasteiger partial charge in [-0.05, 0) is 87.4 Å². The summed E-state index contributed by atoms with van der Waals surface area (Å²) in [5.41, 5.74) is 3.45. The Balaban J connectivity index is 1.56. The van der Waals surface area contributed by atoms with Gasteiger partial charge in [-0.3, -0.25) is 4.90 Å². The van der Waals surface area contributed by atoms with E-state index in [1.165, 1.54) is 5.56 Å². The third-order valence-corrected chi connectivity index (χ3v) is 5.95. The quantitative estimate of drug-likeness (QED) is 0.880. The van der Waals surface area contributed by atoms with E-state index in [1.54, 1.807) is 6.07 Å². The number of aryl methyl sites for hydroxylation is 2. The van der Waals surface area contributed by atoms with Crippen LogP contribution in [0.1, 0.15) is 42.4 Å². The summed E-state index contributed by atoms with van der Waals surface area (Å²) in [6.07, 6.45) is 4.04. The molecule has 0 unspecified atom stereocenters. The fraction of sp³-hybridized carbons (Fsp3) is 0.550. The molecule has 0 bridgehead atoms. The van der Waals surface area contributed by atoms with Crippen molar-refractivity contribution < 1.29 is 9.52 Å². The Hall–Kier alpha value is -1.65. The molecule has 4 rings (SSSR count). The Morgan fingerprint density at radius 1 is 1.17 bits per heavy atom. The Labute approximate surface area is 142 Å². The van der Waals surface area contributed by atoms with E-state index in [0.29, 0.717) is 11.5 Å². The van der Waals surface area contributed by atoms with E-state index in [4.69, 9.17) is 4.42 Å². The van der Waals surface area contributed by atoms with E-state index in [1.807, 2.05) is 13.0 Å². The van der Waals surface area contributed by atoms with Gasteiger partial charge in [0.2, 0.25) is 0 Å². The van der Waals surface area contributed by atoms with Gasteiger partial charge < -0.3 is 9.52 Å². The highest BCUT2D eigenvalue weighted by Crippen LogP contribution is 2.46. The van der Waals surface area contributed by atoms with Crippen LogP contribution in [0.3, 0.4) is 0 Å². The number of nitrogens with zero attached hydrogens (tertiary/aromatic N) is 1. The Morgan fingerprint density at radius 2 is 1.83 bits per heavy atom. The molecule has 1 aromatic heterocycles. The van der Waals surface area contributed by atoms with Gasteiger partial charge in [-0.25, -0.2) is 4.79 Å². The van der Waals surface area contributed by atoms with Crippen molar-refractivity contribution in [2.45, 2.75) is 51.7 Å². The van der Waals surface area contributed by atoms with E-state index >= 15 is 0 Å². The van der Waals surface area contributed by atoms with Gasteiger partial charge in [0, 0.05) is 18.0 Å². The fourth-order valence-corrected chi connectivity index (χ4v) is 4.02. The number of rotatable bonds is 3. The average Bonchev–Trinajstić information content (AvgIpc) is 3.29. The van der Waals surface area contributed by atoms with Crippen molar-refractivity contribution in [2.24, 2.45) is 5.92 Å². The SMILES string of the molecule is Cc1cc2oc(=O)cc(CN3CCC(C4(O)CC4)CC3)c2cc1C. The van der Waals surface area contributed by atoms with Crippen LogP contribution in [0, 0.1) is 19.8 Å². The lowest BCUT2D eigenvalue weighted by atomic mass is 9.89. The van der Waals surface area contributed by atoms with Gasteiger partial charge in [-0.15, -0.1) is 0 Å². The van der Waals surface area contributed by atoms with E-state index in [2.05, 4.69) is 17.9 Å². The largest absolute Gasteiger partial charge is 0.423 e. The lowest BCUT2D eigenvalue weighted by Gasteiger charge is -2.34. The zero-order valence-electron chi connectivity index (χ0n) is 14.5. The normalized spacial score (nSPS) is 21.3. The zero-order valence-corrected chi connectivity index (χ0v) is 14.5. The van der Waals surface area contributed by atoms with Crippen molar-refractivity contribution >= 4 is 11.0 Å². The highest BCUT2D eigenvalue weighted by molar-refractivity contribution is 5.81. The number of hydrogen-bond acceptors (Lipinski definition) is 4. The van der Waals surface area contributed by atoms with E-state index in [9.17, 15) is 9.90 Å². The monoisotopic (exact) mass is 327 g/mol. The molecule has 2 heterocycles. The Kier molecular flexibility index (Phi) is 3.77. The molecule has 0 amide bonds. The highest BCUT2D eigenvalue weighted by atomic mass is 16.4. The van der Waals surface area contributed by atoms with Crippen LogP contribution in [-0.4, -0.2) is 28.7 Å². The van der Waals surface area contributed by atoms with Crippen LogP contribution >= 0.6 is 0 Å². The lowest BCUT2D eigenvalue weighted by Crippen LogP contribution is -2.38. The van der Waals surface area contributed by atoms with Crippen molar-refractivity contribution in [3.63, 3.8) is 0 Å². The standard InChI is InChI=1S/C20H25NO3/c1-13-9-17-15(11-19(22)24-18(17)10-14(13)2)12-21-7-3-16(4-8-21)20(23)5-6-20/h9-11,16,23H,3-8,12H2,1-2H3. The summed E-state index contributed by atoms with van der Waals surface area (Å²) in [6.45, 7) is 6.87. The van der Waals surface area contributed by atoms with Gasteiger partial charge in [0.05, 0.1) is 5.60 Å². The van der Waals surface area contributed by atoms with Crippen LogP contribution in [0.15, 0.2) is 27.4 Å². The summed E-state index contributed by atoms with van der Waals surface area (Å²) < 4.78 is 5.39. The first kappa shape index (κ1) is 15.9. The Morgan fingerprint density at radius 3 is 2.50 bits per heavy atom. The predicted molar refractivity (Wildman–Crippen MR) is 94.1 cm³/mol. The van der Waals surface area contributed by atoms with Gasteiger partial charge in [-0.2, -0.15) is 0 Å². The predicted octanol–water partition coefficient (Wildman–Crippen LogP) is 3.15. The van der Waals surface area contributed by atoms with Crippen molar-refractivity contribution in [1.29, 1.82) is 0 Å². The number of fused-ring (bicyclic) bond motifs is 1. The smallest absolute Gasteiger partial charge is 0.336 e. The minimum Gasteiger partial charge on any atom is -0.423 e. The molecule has 4 heteroatoms. The summed E-state index contributed by atoms with van der Waals surface area (Å²) in [5, 5.41) is 11.3. The number of benzene rings is 1. The number of aliphatic hydroxyl groups is 1. The van der Waals surface area contributed by atoms with Crippen LogP contribution in [-0.2, 0) is 6.54 Å². The van der Waals surface area contributed by atoms with Crippen molar-refractivity contribution in [3.05, 3.63) is 45.3 Å². The van der Waals surface area contributed by atoms with Crippen LogP contribution in [0.25, 0.3) is 11.0 Å². The molecule has 2 aromatic rings. The molecule has 1 aliphatic carbocycles. The number of likely N-dealkylation sites (tertiary alicyclic amines) is 1. The highest BCUT2D eigenvalue weighted by Gasteiger charge is 2.47. The van der Waals surface area contributed by atoms with Gasteiger partial charge in [-0.1, -0.05) is 0 Å². The molecule has 0 atom stereocenters. The van der Waals surface area contributed by atoms with Crippen molar-refractivity contribution in [2.75, 3.05) is 13.1 Å². The van der Waals surface area contributed by atoms with Gasteiger partial charge in [0.1, 0.15) is 5.58 Å². The van der Waals surface area contributed by atoms with Crippen molar-refractivity contribution in [1.82, 2.24) is 4.90 Å². The first-order valence-corrected chi connectivity index (χ1v) is 8.93. The molecule has 1 saturated carbocycles. The maximum Gasteiger partial charge on any atom is 0.336 e. The molecule has 24 heavy (non-hydrogen) atoms. The molecule has 0 spiro atoms. The molecular formula is C20H25NO3. The summed E-state index contributed by atoms with van der Waals surface area (Å²) in [7, 11) is 0. The topological polar surface area (TPSA) is 53.7 Å². The second kappa shape index (κ2) is 5.71. The molecule has 2 aliphatic rings. The van der Waals surface area contributed by atoms with Crippen LogP contribution in [0.5, 0.6) is 0 Å². The van der Waals surface area contributed by atoms with E-state index in [-0.39, 0.29) is 11.2 Å². The Bertz CT molecular complexity index is 827. The summed E-state index contributed by atoms with van der Waals surface area (Å²) in [4.78, 5) is 14.3. The van der Waals surface area contributed by atoms with Crippen molar-refractivity contribution in [3.8, 4) is 0 Å². The molecule has 0 radical (unpaired) electrons. The van der Waals surface area contributed by atoms with Gasteiger partial charge in [0.15, 0.2) is 0 Å². The van der Waals surface area contributed by atoms with E-state index in [0.717, 1.165) is 61.8 Å². The first-order chi connectivity index (χ1) is 11.4. The average molecular weight is 327 g/mol. The molecule has 4 nitrogen and oxygen atoms in total. The first-order valence-electron chi connectivity index (χ1n) is 8.93. The second-order valence-electron chi connectivity index (χ2n) is 7.68. The number of piperidine rings is 1. The van der Waals surface area contributed by atoms with Crippen LogP contribution in [0.4, 0.5) is 0 Å². The molecule has 1 aromatic carbocycles. The second-order valence-corrected chi connectivity index (χ2v) is 7.68. The maximum atomic E-state index is 11.9. The molecule has 1 N–H and O–H groups in total. The molecular weight excluding hydrogens is 302 g/mol. The number of hydrogen-bond donors (Lipinski definition) is 1. The third kappa shape index (κ3) is 2.89. The fourth-order valence-electron chi connectivity index (χ4n) is 4.02. The minimum atomic E-state index is -0.360.